The first kappa shape index (κ1) is 12.5. The molecule has 0 aliphatic heterocycles. The molecule has 0 saturated heterocycles. The summed E-state index contributed by atoms with van der Waals surface area (Å²) in [5.74, 6) is 0. The van der Waals surface area contributed by atoms with Gasteiger partial charge in [0.1, 0.15) is 0 Å². The molecule has 0 heterocycles. The summed E-state index contributed by atoms with van der Waals surface area (Å²) >= 11 is 0. The van der Waals surface area contributed by atoms with Gasteiger partial charge < -0.3 is 0 Å². The Bertz CT molecular complexity index is 613. The van der Waals surface area contributed by atoms with Crippen LogP contribution in [0.2, 0.25) is 0 Å². The Morgan fingerprint density at radius 1 is 0.889 bits per heavy atom. The highest BCUT2D eigenvalue weighted by Gasteiger charge is 2.11. The van der Waals surface area contributed by atoms with Gasteiger partial charge in [-0.3, -0.25) is 0 Å². The maximum Gasteiger partial charge on any atom is 0.311 e. The lowest BCUT2D eigenvalue weighted by Gasteiger charge is -2.10. The summed E-state index contributed by atoms with van der Waals surface area (Å²) in [5, 5.41) is 0. The third kappa shape index (κ3) is 3.53. The highest BCUT2D eigenvalue weighted by Crippen LogP contribution is 2.21. The second kappa shape index (κ2) is 6.12. The highest BCUT2D eigenvalue weighted by molar-refractivity contribution is 7.61. The second-order valence-electron chi connectivity index (χ2n) is 3.94. The topological polar surface area (TPSA) is 46.5 Å². The van der Waals surface area contributed by atoms with Crippen LogP contribution in [0, 0.1) is 0 Å². The maximum atomic E-state index is 10.8. The fourth-order valence-corrected chi connectivity index (χ4v) is 2.24. The van der Waals surface area contributed by atoms with Crippen molar-refractivity contribution in [2.24, 2.45) is 4.36 Å². The van der Waals surface area contributed by atoms with Crippen molar-refractivity contribution >= 4 is 10.5 Å². The van der Waals surface area contributed by atoms with Crippen LogP contribution in [0.3, 0.4) is 0 Å². The van der Waals surface area contributed by atoms with Gasteiger partial charge in [-0.1, -0.05) is 60.7 Å². The van der Waals surface area contributed by atoms with E-state index in [0.29, 0.717) is 6.42 Å². The van der Waals surface area contributed by atoms with Gasteiger partial charge in [0.15, 0.2) is 0 Å². The van der Waals surface area contributed by atoms with E-state index in [0.717, 1.165) is 11.1 Å². The fraction of sp³-hybridized carbons (Fsp3) is 0.143. The maximum absolute atomic E-state index is 10.8. The van der Waals surface area contributed by atoms with E-state index < -0.39 is 10.5 Å². The lowest BCUT2D eigenvalue weighted by molar-refractivity contribution is 0.612. The van der Waals surface area contributed by atoms with Crippen LogP contribution in [0.15, 0.2) is 65.0 Å². The third-order valence-corrected chi connectivity index (χ3v) is 3.10. The quantitative estimate of drug-likeness (QED) is 0.847. The average Bonchev–Trinajstić information content (AvgIpc) is 2.40. The normalized spacial score (nSPS) is 11.8. The molecule has 0 aliphatic carbocycles. The summed E-state index contributed by atoms with van der Waals surface area (Å²) in [6.07, 6.45) is 0.582. The fourth-order valence-electron chi connectivity index (χ4n) is 1.83. The molecule has 4 heteroatoms. The zero-order valence-corrected chi connectivity index (χ0v) is 10.5. The summed E-state index contributed by atoms with van der Waals surface area (Å²) in [6.45, 7) is 0. The summed E-state index contributed by atoms with van der Waals surface area (Å²) in [6, 6.07) is 18.9. The van der Waals surface area contributed by atoms with Crippen LogP contribution in [0.4, 0.5) is 0 Å². The van der Waals surface area contributed by atoms with Gasteiger partial charge in [-0.15, -0.1) is 0 Å². The summed E-state index contributed by atoms with van der Waals surface area (Å²) in [5.41, 5.74) is 1.98. The molecule has 0 spiro atoms. The highest BCUT2D eigenvalue weighted by atomic mass is 32.2. The molecule has 1 atom stereocenters. The summed E-state index contributed by atoms with van der Waals surface area (Å²) in [4.78, 5) is 0. The molecule has 0 radical (unpaired) electrons. The van der Waals surface area contributed by atoms with E-state index in [2.05, 4.69) is 4.36 Å². The van der Waals surface area contributed by atoms with Crippen LogP contribution in [-0.4, -0.2) is 8.42 Å². The molecule has 3 nitrogen and oxygen atoms in total. The van der Waals surface area contributed by atoms with Crippen molar-refractivity contribution in [1.29, 1.82) is 0 Å². The first-order valence-electron chi connectivity index (χ1n) is 5.65. The Balaban J connectivity index is 2.30. The van der Waals surface area contributed by atoms with E-state index in [-0.39, 0.29) is 6.04 Å². The monoisotopic (exact) mass is 259 g/mol. The van der Waals surface area contributed by atoms with Crippen molar-refractivity contribution in [2.75, 3.05) is 0 Å². The average molecular weight is 259 g/mol. The van der Waals surface area contributed by atoms with Crippen LogP contribution < -0.4 is 0 Å². The van der Waals surface area contributed by atoms with Crippen molar-refractivity contribution in [3.05, 3.63) is 71.8 Å². The second-order valence-corrected chi connectivity index (χ2v) is 4.58. The van der Waals surface area contributed by atoms with E-state index in [9.17, 15) is 8.42 Å². The Kier molecular flexibility index (Phi) is 4.25. The number of hydrogen-bond acceptors (Lipinski definition) is 3. The molecule has 0 saturated carbocycles. The minimum absolute atomic E-state index is 0.355. The molecule has 0 fully saturated rings. The van der Waals surface area contributed by atoms with Gasteiger partial charge in [0, 0.05) is 6.42 Å². The van der Waals surface area contributed by atoms with Crippen molar-refractivity contribution in [3.63, 3.8) is 0 Å². The first-order chi connectivity index (χ1) is 8.75. The van der Waals surface area contributed by atoms with Gasteiger partial charge in [0.05, 0.1) is 6.04 Å². The van der Waals surface area contributed by atoms with Crippen LogP contribution in [-0.2, 0) is 16.9 Å². The molecule has 0 aliphatic rings. The lowest BCUT2D eigenvalue weighted by atomic mass is 10.00. The lowest BCUT2D eigenvalue weighted by Crippen LogP contribution is -1.99. The predicted octanol–water partition coefficient (Wildman–Crippen LogP) is 3.03. The van der Waals surface area contributed by atoms with Gasteiger partial charge in [-0.2, -0.15) is 12.8 Å². The van der Waals surface area contributed by atoms with Gasteiger partial charge >= 0.3 is 10.5 Å². The molecular weight excluding hydrogens is 246 g/mol. The SMILES string of the molecule is O=S(=O)=NC(Cc1ccccc1)c1ccccc1. The van der Waals surface area contributed by atoms with Gasteiger partial charge in [0.25, 0.3) is 0 Å². The Morgan fingerprint density at radius 3 is 2.00 bits per heavy atom. The standard InChI is InChI=1S/C14H13NO2S/c16-18(17)15-14(13-9-5-2-6-10-13)11-12-7-3-1-4-8-12/h1-10,14H,11H2. The van der Waals surface area contributed by atoms with E-state index in [4.69, 9.17) is 0 Å². The Labute approximate surface area is 108 Å². The molecule has 1 unspecified atom stereocenters. The van der Waals surface area contributed by atoms with Gasteiger partial charge in [-0.25, -0.2) is 0 Å². The minimum atomic E-state index is -2.39. The molecular formula is C14H13NO2S. The third-order valence-electron chi connectivity index (χ3n) is 2.67. The van der Waals surface area contributed by atoms with E-state index in [1.807, 2.05) is 60.7 Å². The molecule has 2 aromatic carbocycles. The number of hydrogen-bond donors (Lipinski definition) is 0. The number of rotatable bonds is 4. The molecule has 18 heavy (non-hydrogen) atoms. The summed E-state index contributed by atoms with van der Waals surface area (Å²) in [7, 11) is -2.39. The zero-order valence-electron chi connectivity index (χ0n) is 9.73. The van der Waals surface area contributed by atoms with Crippen LogP contribution in [0.1, 0.15) is 17.2 Å². The van der Waals surface area contributed by atoms with Gasteiger partial charge in [0.2, 0.25) is 0 Å². The van der Waals surface area contributed by atoms with E-state index in [1.165, 1.54) is 0 Å². The number of benzene rings is 2. The Hall–Kier alpha value is -1.94. The van der Waals surface area contributed by atoms with E-state index in [1.54, 1.807) is 0 Å². The molecule has 0 aromatic heterocycles. The minimum Gasteiger partial charge on any atom is -0.164 e. The van der Waals surface area contributed by atoms with Crippen molar-refractivity contribution in [2.45, 2.75) is 12.5 Å². The van der Waals surface area contributed by atoms with Crippen molar-refractivity contribution in [1.82, 2.24) is 0 Å². The molecule has 2 aromatic rings. The van der Waals surface area contributed by atoms with E-state index >= 15 is 0 Å². The predicted molar refractivity (Wildman–Crippen MR) is 70.7 cm³/mol. The van der Waals surface area contributed by atoms with Crippen LogP contribution in [0.25, 0.3) is 0 Å². The molecule has 0 bridgehead atoms. The number of nitrogens with zero attached hydrogens (tertiary/aromatic N) is 1. The first-order valence-corrected chi connectivity index (χ1v) is 6.68. The Morgan fingerprint density at radius 2 is 1.44 bits per heavy atom. The van der Waals surface area contributed by atoms with Crippen molar-refractivity contribution < 1.29 is 8.42 Å². The van der Waals surface area contributed by atoms with Crippen LogP contribution >= 0.6 is 0 Å². The summed E-state index contributed by atoms with van der Waals surface area (Å²) < 4.78 is 25.4. The molecule has 92 valence electrons. The van der Waals surface area contributed by atoms with Crippen molar-refractivity contribution in [3.8, 4) is 0 Å². The van der Waals surface area contributed by atoms with Crippen LogP contribution in [0.5, 0.6) is 0 Å². The molecule has 0 N–H and O–H groups in total. The molecule has 0 amide bonds. The smallest absolute Gasteiger partial charge is 0.164 e. The zero-order chi connectivity index (χ0) is 12.8. The largest absolute Gasteiger partial charge is 0.311 e. The molecule has 2 rings (SSSR count). The van der Waals surface area contributed by atoms with Gasteiger partial charge in [-0.05, 0) is 11.1 Å².